The molecule has 0 radical (unpaired) electrons. The van der Waals surface area contributed by atoms with Crippen LogP contribution in [0.25, 0.3) is 0 Å². The van der Waals surface area contributed by atoms with E-state index in [1.807, 2.05) is 0 Å². The Morgan fingerprint density at radius 1 is 0.358 bits per heavy atom. The molecule has 0 nitrogen and oxygen atoms in total. The predicted molar refractivity (Wildman–Crippen MR) is 236 cm³/mol. The van der Waals surface area contributed by atoms with E-state index in [1.54, 1.807) is 21.2 Å². The Morgan fingerprint density at radius 2 is 0.623 bits per heavy atom. The second-order valence-corrected chi connectivity index (χ2v) is 18.2. The van der Waals surface area contributed by atoms with Crippen LogP contribution in [0, 0.1) is 0 Å². The van der Waals surface area contributed by atoms with E-state index < -0.39 is 15.8 Å². The third-order valence-electron chi connectivity index (χ3n) is 9.94. The van der Waals surface area contributed by atoms with Crippen molar-refractivity contribution in [2.24, 2.45) is 0 Å². The summed E-state index contributed by atoms with van der Waals surface area (Å²) in [7, 11) is -0.967. The molecule has 0 amide bonds. The number of aryl methyl sites for hydroxylation is 4. The van der Waals surface area contributed by atoms with E-state index in [0.717, 1.165) is 0 Å². The first-order valence-electron chi connectivity index (χ1n) is 20.0. The van der Waals surface area contributed by atoms with Gasteiger partial charge in [-0.05, 0) is 111 Å². The molecule has 0 aliphatic heterocycles. The van der Waals surface area contributed by atoms with Crippen molar-refractivity contribution in [1.29, 1.82) is 0 Å². The summed E-state index contributed by atoms with van der Waals surface area (Å²) in [4.78, 5) is 0. The molecule has 0 fully saturated rings. The average Bonchev–Trinajstić information content (AvgIpc) is 3.93. The van der Waals surface area contributed by atoms with Crippen molar-refractivity contribution < 1.29 is 21.7 Å². The molecule has 6 rings (SSSR count). The fourth-order valence-electron chi connectivity index (χ4n) is 7.07. The topological polar surface area (TPSA) is 0 Å². The maximum atomic E-state index is 2.38. The summed E-state index contributed by atoms with van der Waals surface area (Å²) in [6.45, 7) is 9.12. The third-order valence-corrected chi connectivity index (χ3v) is 15.2. The summed E-state index contributed by atoms with van der Waals surface area (Å²) in [5.41, 5.74) is 6.14. The van der Waals surface area contributed by atoms with Crippen molar-refractivity contribution in [1.82, 2.24) is 0 Å². The van der Waals surface area contributed by atoms with Gasteiger partial charge in [-0.3, -0.25) is 0 Å². The largest absolute Gasteiger partial charge is 2.00 e. The van der Waals surface area contributed by atoms with E-state index >= 15 is 0 Å². The molecule has 0 aliphatic carbocycles. The normalized spacial score (nSPS) is 11.0. The Kier molecular flexibility index (Phi) is 19.3. The molecule has 0 N–H and O–H groups in total. The second kappa shape index (κ2) is 23.8. The SMILES string of the molecule is CCCCc1ccccc1P(c1ccc[cH-]1)c1ccccc1CCCC.CCCCc1ccccc1P(c1ccc[cH-]1)c1ccccc1CCCC.[Ti+2]. The van der Waals surface area contributed by atoms with Crippen molar-refractivity contribution >= 4 is 47.7 Å². The van der Waals surface area contributed by atoms with Crippen LogP contribution in [-0.4, -0.2) is 0 Å². The Hall–Kier alpha value is -2.85. The van der Waals surface area contributed by atoms with Crippen LogP contribution in [0.1, 0.15) is 101 Å². The van der Waals surface area contributed by atoms with Crippen LogP contribution in [0.4, 0.5) is 0 Å². The fourth-order valence-corrected chi connectivity index (χ4v) is 12.5. The maximum absolute atomic E-state index is 2.38. The first kappa shape index (κ1) is 42.9. The smallest absolute Gasteiger partial charge is 0.213 e. The van der Waals surface area contributed by atoms with Crippen molar-refractivity contribution in [3.8, 4) is 0 Å². The van der Waals surface area contributed by atoms with E-state index in [-0.39, 0.29) is 21.7 Å². The zero-order valence-corrected chi connectivity index (χ0v) is 36.1. The zero-order chi connectivity index (χ0) is 36.4. The van der Waals surface area contributed by atoms with Crippen molar-refractivity contribution in [3.05, 3.63) is 168 Å². The molecule has 0 atom stereocenters. The van der Waals surface area contributed by atoms with Crippen LogP contribution in [0.15, 0.2) is 146 Å². The molecule has 0 saturated carbocycles. The number of hydrogen-bond donors (Lipinski definition) is 0. The number of rotatable bonds is 18. The monoisotopic (exact) mass is 770 g/mol. The van der Waals surface area contributed by atoms with Gasteiger partial charge >= 0.3 is 21.7 Å². The molecule has 0 aliphatic rings. The minimum Gasteiger partial charge on any atom is -0.213 e. The van der Waals surface area contributed by atoms with Gasteiger partial charge in [0, 0.05) is 0 Å². The van der Waals surface area contributed by atoms with Crippen LogP contribution in [-0.2, 0) is 47.4 Å². The van der Waals surface area contributed by atoms with Crippen LogP contribution < -0.4 is 31.8 Å². The Balaban J connectivity index is 0.000000232. The Bertz CT molecular complexity index is 1610. The number of hydrogen-bond acceptors (Lipinski definition) is 0. The quantitative estimate of drug-likeness (QED) is 0.0464. The standard InChI is InChI=1S/2C25H30P.Ti/c2*1-3-5-13-21-15-7-11-19-24(21)26(23-17-9-10-18-23)25-20-12-8-16-22(25)14-6-4-2;/h2*7-12,15-20H,3-6,13-14H2,1-2H3;/q2*-1;+2. The summed E-state index contributed by atoms with van der Waals surface area (Å²) in [6, 6.07) is 54.6. The molecule has 0 spiro atoms. The molecule has 6 aromatic carbocycles. The van der Waals surface area contributed by atoms with Gasteiger partial charge in [0.05, 0.1) is 0 Å². The molecule has 0 bridgehead atoms. The second-order valence-electron chi connectivity index (χ2n) is 13.9. The molecule has 0 heterocycles. The van der Waals surface area contributed by atoms with Crippen molar-refractivity contribution in [2.45, 2.75) is 105 Å². The first-order valence-corrected chi connectivity index (χ1v) is 22.7. The van der Waals surface area contributed by atoms with Gasteiger partial charge in [-0.15, -0.1) is 10.6 Å². The Labute approximate surface area is 340 Å². The summed E-state index contributed by atoms with van der Waals surface area (Å²) >= 11 is 0. The van der Waals surface area contributed by atoms with Gasteiger partial charge in [0.15, 0.2) is 0 Å². The van der Waals surface area contributed by atoms with E-state index in [0.29, 0.717) is 0 Å². The van der Waals surface area contributed by atoms with Gasteiger partial charge in [0.1, 0.15) is 0 Å². The van der Waals surface area contributed by atoms with Gasteiger partial charge in [-0.1, -0.05) is 150 Å². The molecule has 3 heteroatoms. The van der Waals surface area contributed by atoms with Crippen LogP contribution in [0.5, 0.6) is 0 Å². The van der Waals surface area contributed by atoms with Gasteiger partial charge in [0.2, 0.25) is 0 Å². The minimum atomic E-state index is -0.484. The van der Waals surface area contributed by atoms with Crippen molar-refractivity contribution in [2.75, 3.05) is 0 Å². The molecule has 53 heavy (non-hydrogen) atoms. The van der Waals surface area contributed by atoms with E-state index in [1.165, 1.54) is 110 Å². The maximum Gasteiger partial charge on any atom is 2.00 e. The molecular weight excluding hydrogens is 710 g/mol. The van der Waals surface area contributed by atoms with Gasteiger partial charge < -0.3 is 0 Å². The first-order chi connectivity index (χ1) is 25.7. The van der Waals surface area contributed by atoms with E-state index in [9.17, 15) is 0 Å². The summed E-state index contributed by atoms with van der Waals surface area (Å²) in [6.07, 6.45) is 14.8. The number of unbranched alkanes of at least 4 members (excludes halogenated alkanes) is 4. The summed E-state index contributed by atoms with van der Waals surface area (Å²) in [5, 5.41) is 9.15. The van der Waals surface area contributed by atoms with Crippen molar-refractivity contribution in [3.63, 3.8) is 0 Å². The van der Waals surface area contributed by atoms with Gasteiger partial charge in [-0.2, -0.15) is 24.3 Å². The molecule has 6 aromatic rings. The van der Waals surface area contributed by atoms with Gasteiger partial charge in [-0.25, -0.2) is 24.3 Å². The zero-order valence-electron chi connectivity index (χ0n) is 32.7. The average molecular weight is 771 g/mol. The molecule has 0 unspecified atom stereocenters. The van der Waals surface area contributed by atoms with Gasteiger partial charge in [0.25, 0.3) is 0 Å². The number of benzene rings is 4. The van der Waals surface area contributed by atoms with Crippen LogP contribution in [0.3, 0.4) is 0 Å². The third kappa shape index (κ3) is 12.1. The molecule has 0 aromatic heterocycles. The van der Waals surface area contributed by atoms with E-state index in [4.69, 9.17) is 0 Å². The molecule has 0 saturated heterocycles. The minimum absolute atomic E-state index is 0. The molecular formula is C50H60P2Ti. The summed E-state index contributed by atoms with van der Waals surface area (Å²) in [5.74, 6) is 0. The van der Waals surface area contributed by atoms with Crippen LogP contribution in [0.2, 0.25) is 0 Å². The van der Waals surface area contributed by atoms with Crippen LogP contribution >= 0.6 is 15.8 Å². The molecule has 274 valence electrons. The van der Waals surface area contributed by atoms with E-state index in [2.05, 4.69) is 173 Å². The fraction of sp³-hybridized carbons (Fsp3) is 0.320. The predicted octanol–water partition coefficient (Wildman–Crippen LogP) is 11.7. The summed E-state index contributed by atoms with van der Waals surface area (Å²) < 4.78 is 0. The Morgan fingerprint density at radius 3 is 0.849 bits per heavy atom.